The Kier molecular flexibility index (Phi) is 9.92. The number of ether oxygens (including phenoxy) is 1. The molecule has 0 bridgehead atoms. The quantitative estimate of drug-likeness (QED) is 0.0832. The van der Waals surface area contributed by atoms with Crippen LogP contribution in [0.3, 0.4) is 0 Å². The molecular weight excluding hydrogens is 744 g/mol. The zero-order valence-electron chi connectivity index (χ0n) is 23.6. The third kappa shape index (κ3) is 6.45. The molecule has 3 rings (SSSR count). The van der Waals surface area contributed by atoms with Gasteiger partial charge in [0.1, 0.15) is 0 Å². The molecule has 0 spiro atoms. The van der Waals surface area contributed by atoms with Crippen LogP contribution in [0, 0.1) is 0 Å². The second-order valence-corrected chi connectivity index (χ2v) is 30.3. The summed E-state index contributed by atoms with van der Waals surface area (Å²) in [4.78, 5) is 42.0. The minimum atomic E-state index is -5.42. The summed E-state index contributed by atoms with van der Waals surface area (Å²) < 4.78 is 15.7. The summed E-state index contributed by atoms with van der Waals surface area (Å²) in [5.74, 6) is -1.28. The number of aliphatic hydroxyl groups is 2. The van der Waals surface area contributed by atoms with Gasteiger partial charge in [-0.05, 0) is 0 Å². The van der Waals surface area contributed by atoms with Crippen LogP contribution in [0.5, 0.6) is 5.75 Å². The van der Waals surface area contributed by atoms with Gasteiger partial charge in [-0.1, -0.05) is 0 Å². The van der Waals surface area contributed by atoms with Crippen molar-refractivity contribution in [3.63, 3.8) is 0 Å². The van der Waals surface area contributed by atoms with Gasteiger partial charge in [-0.2, -0.15) is 0 Å². The zero-order valence-corrected chi connectivity index (χ0v) is 27.9. The average molecular weight is 783 g/mol. The number of carbonyl (C=O) groups excluding carboxylic acids is 3. The molecule has 0 saturated heterocycles. The molecule has 0 radical (unpaired) electrons. The summed E-state index contributed by atoms with van der Waals surface area (Å²) in [5, 5.41) is 24.8. The van der Waals surface area contributed by atoms with Gasteiger partial charge in [0.2, 0.25) is 0 Å². The van der Waals surface area contributed by atoms with Crippen LogP contribution in [-0.4, -0.2) is 75.1 Å². The molecule has 2 aliphatic heterocycles. The Hall–Kier alpha value is -2.27. The second-order valence-electron chi connectivity index (χ2n) is 10.4. The van der Waals surface area contributed by atoms with E-state index in [9.17, 15) is 28.0 Å². The number of rotatable bonds is 9. The van der Waals surface area contributed by atoms with Crippen LogP contribution in [0.15, 0.2) is 59.6 Å². The molecule has 1 amide bonds. The molecule has 222 valence electrons. The number of methoxy groups -OCH3 is 1. The summed E-state index contributed by atoms with van der Waals surface area (Å²) in [6.45, 7) is 4.75. The van der Waals surface area contributed by atoms with Crippen LogP contribution < -0.4 is 15.8 Å². The Balaban J connectivity index is 2.08. The van der Waals surface area contributed by atoms with Gasteiger partial charge in [-0.15, -0.1) is 0 Å². The molecule has 1 aromatic rings. The molecule has 40 heavy (non-hydrogen) atoms. The van der Waals surface area contributed by atoms with Gasteiger partial charge >= 0.3 is 245 Å². The first-order valence-electron chi connectivity index (χ1n) is 12.4. The fourth-order valence-corrected chi connectivity index (χ4v) is 36.3. The summed E-state index contributed by atoms with van der Waals surface area (Å²) in [5.41, 5.74) is 7.33. The molecule has 0 saturated carbocycles. The zero-order chi connectivity index (χ0) is 30.0. The number of allylic oxidation sites excluding steroid dienone is 5. The van der Waals surface area contributed by atoms with Gasteiger partial charge in [0, 0.05) is 0 Å². The number of primary amides is 1. The molecule has 10 nitrogen and oxygen atoms in total. The van der Waals surface area contributed by atoms with E-state index in [2.05, 4.69) is 19.2 Å². The number of halogens is 2. The predicted molar refractivity (Wildman–Crippen MR) is 175 cm³/mol. The van der Waals surface area contributed by atoms with Crippen molar-refractivity contribution in [3.8, 4) is 5.75 Å². The van der Waals surface area contributed by atoms with Crippen molar-refractivity contribution in [1.29, 1.82) is 0 Å². The van der Waals surface area contributed by atoms with Gasteiger partial charge in [0.15, 0.2) is 0 Å². The van der Waals surface area contributed by atoms with E-state index in [-0.39, 0.29) is 16.4 Å². The van der Waals surface area contributed by atoms with Crippen molar-refractivity contribution in [3.05, 3.63) is 70.7 Å². The van der Waals surface area contributed by atoms with Crippen LogP contribution in [0.2, 0.25) is 0 Å². The van der Waals surface area contributed by atoms with E-state index >= 15 is 0 Å². The number of likely N-dealkylation sites (N-methyl/N-ethyl adjacent to an activating group) is 1. The Labute approximate surface area is 243 Å². The van der Waals surface area contributed by atoms with Gasteiger partial charge < -0.3 is 0 Å². The van der Waals surface area contributed by atoms with Crippen molar-refractivity contribution in [2.45, 2.75) is 30.5 Å². The van der Waals surface area contributed by atoms with Gasteiger partial charge in [-0.3, -0.25) is 0 Å². The summed E-state index contributed by atoms with van der Waals surface area (Å²) in [7, 11) is 4.75. The van der Waals surface area contributed by atoms with Crippen LogP contribution in [0.25, 0.3) is 5.57 Å². The molecular formula is C28H39I2N3O7. The summed E-state index contributed by atoms with van der Waals surface area (Å²) in [6.07, 6.45) is 6.15. The van der Waals surface area contributed by atoms with E-state index in [1.54, 1.807) is 27.3 Å². The van der Waals surface area contributed by atoms with Crippen molar-refractivity contribution in [1.82, 2.24) is 10.2 Å². The summed E-state index contributed by atoms with van der Waals surface area (Å²) >= 11 is -8.38. The van der Waals surface area contributed by atoms with E-state index in [0.29, 0.717) is 23.9 Å². The third-order valence-electron chi connectivity index (χ3n) is 6.50. The first-order valence-corrected chi connectivity index (χ1v) is 23.5. The fourth-order valence-electron chi connectivity index (χ4n) is 4.68. The van der Waals surface area contributed by atoms with E-state index in [4.69, 9.17) is 10.5 Å². The number of amides is 1. The number of hydrogen-bond donors (Lipinski definition) is 5. The molecule has 1 atom stereocenters. The normalized spacial score (nSPS) is 26.2. The molecule has 0 aliphatic carbocycles. The van der Waals surface area contributed by atoms with Crippen molar-refractivity contribution < 1.29 is 32.8 Å². The first-order chi connectivity index (χ1) is 18.6. The van der Waals surface area contributed by atoms with Crippen LogP contribution in [0.4, 0.5) is 0 Å². The maximum absolute atomic E-state index is 13.6. The molecule has 2 aliphatic rings. The predicted octanol–water partition coefficient (Wildman–Crippen LogP) is 3.42. The van der Waals surface area contributed by atoms with Gasteiger partial charge in [0.05, 0.1) is 0 Å². The number of aliphatic hydroxyl groups excluding tert-OH is 2. The van der Waals surface area contributed by atoms with E-state index < -0.39 is 62.4 Å². The van der Waals surface area contributed by atoms with Crippen molar-refractivity contribution >= 4 is 56.3 Å². The Morgan fingerprint density at radius 3 is 2.50 bits per heavy atom. The van der Waals surface area contributed by atoms with E-state index in [1.807, 2.05) is 24.3 Å². The summed E-state index contributed by atoms with van der Waals surface area (Å²) in [6, 6.07) is 6.10. The second kappa shape index (κ2) is 12.3. The van der Waals surface area contributed by atoms with Crippen molar-refractivity contribution in [2.24, 2.45) is 5.73 Å². The van der Waals surface area contributed by atoms with Crippen LogP contribution in [0.1, 0.15) is 25.0 Å². The molecule has 0 aromatic heterocycles. The van der Waals surface area contributed by atoms with Gasteiger partial charge in [-0.25, -0.2) is 0 Å². The SMILES string of the molecule is COc1ccc(CNC(C)C)cc1C1=C\CI(CI2(C)(O)C(=O)C(C(N)=O)=C(O)C2N(C)C)C(=O)/C=C(O)/C=C\1. The average Bonchev–Trinajstić information content (AvgIpc) is 3.05. The Bertz CT molecular complexity index is 1350. The first kappa shape index (κ1) is 32.2. The molecule has 2 heterocycles. The minimum absolute atomic E-state index is 0.112. The fraction of sp³-hybridized carbons (Fsp3) is 0.393. The maximum atomic E-state index is 13.6. The number of nitrogens with two attached hydrogens (primary N) is 1. The van der Waals surface area contributed by atoms with E-state index in [1.165, 1.54) is 15.9 Å². The number of alkyl halides is 5. The molecule has 1 unspecified atom stereocenters. The van der Waals surface area contributed by atoms with Crippen LogP contribution >= 0.6 is 37.3 Å². The van der Waals surface area contributed by atoms with E-state index in [0.717, 1.165) is 17.2 Å². The van der Waals surface area contributed by atoms with Crippen molar-refractivity contribution in [2.75, 3.05) is 33.0 Å². The Morgan fingerprint density at radius 1 is 1.25 bits per heavy atom. The molecule has 6 N–H and O–H groups in total. The van der Waals surface area contributed by atoms with Gasteiger partial charge in [0.25, 0.3) is 0 Å². The monoisotopic (exact) mass is 783 g/mol. The third-order valence-corrected chi connectivity index (χ3v) is 34.5. The number of carbonyl (C=O) groups is 3. The number of nitrogens with one attached hydrogen (secondary N) is 1. The standard InChI is InChI=1S/C28H39I2N3O7/c1-17(2)32-15-18-7-10-22(40-6)21(13-18)19-8-9-20(34)14-23(35)29(12-11-19)16-30(3,39)26(33(4)5)25(36)24(27(30)37)28(31)38/h7-11,13-14,17,26,32,34,36,39H,12,15-16H2,1-6H3,(H2,31,38)/b9-8-,19-11-,20-14-. The molecule has 12 heteroatoms. The number of nitrogens with zero attached hydrogens (tertiary/aromatic N) is 1. The van der Waals surface area contributed by atoms with Crippen LogP contribution in [-0.2, 0) is 20.9 Å². The molecule has 1 aromatic carbocycles. The topological polar surface area (TPSA) is 162 Å². The Morgan fingerprint density at radius 2 is 1.93 bits per heavy atom. The molecule has 0 fully saturated rings. The number of benzene rings is 1. The number of hydrogen-bond acceptors (Lipinski definition) is 9.